The Morgan fingerprint density at radius 1 is 0.792 bits per heavy atom. The van der Waals surface area contributed by atoms with Gasteiger partial charge in [-0.05, 0) is 105 Å². The van der Waals surface area contributed by atoms with Crippen LogP contribution in [0.2, 0.25) is 0 Å². The van der Waals surface area contributed by atoms with Crippen molar-refractivity contribution in [2.24, 2.45) is 0 Å². The van der Waals surface area contributed by atoms with Crippen LogP contribution < -0.4 is 10.2 Å². The van der Waals surface area contributed by atoms with E-state index >= 15 is 0 Å². The first-order chi connectivity index (χ1) is 23.5. The number of hydrogen-bond donors (Lipinski definition) is 2. The minimum absolute atomic E-state index is 0.174. The lowest BCUT2D eigenvalue weighted by atomic mass is 9.88. The van der Waals surface area contributed by atoms with Gasteiger partial charge in [0.15, 0.2) is 0 Å². The second-order valence-corrected chi connectivity index (χ2v) is 13.3. The molecule has 0 spiro atoms. The second-order valence-electron chi connectivity index (χ2n) is 13.3. The van der Waals surface area contributed by atoms with E-state index in [4.69, 9.17) is 4.98 Å². The summed E-state index contributed by atoms with van der Waals surface area (Å²) in [5.74, 6) is 0.926. The first-order valence-electron chi connectivity index (χ1n) is 17.0. The predicted octanol–water partition coefficient (Wildman–Crippen LogP) is 5.56. The van der Waals surface area contributed by atoms with Crippen molar-refractivity contribution in [3.05, 3.63) is 96.3 Å². The Morgan fingerprint density at radius 3 is 2.29 bits per heavy atom. The Labute approximate surface area is 279 Å². The molecular weight excluding hydrogens is 602 g/mol. The minimum atomic E-state index is -0.236. The Hall–Kier alpha value is -5.09. The second kappa shape index (κ2) is 12.8. The largest absolute Gasteiger partial charge is 0.507 e. The van der Waals surface area contributed by atoms with Crippen molar-refractivity contribution in [2.75, 3.05) is 31.1 Å². The van der Waals surface area contributed by atoms with Crippen LogP contribution in [0.25, 0.3) is 28.1 Å². The summed E-state index contributed by atoms with van der Waals surface area (Å²) in [6.45, 7) is 4.27. The third-order valence-corrected chi connectivity index (χ3v) is 10.5. The van der Waals surface area contributed by atoms with Gasteiger partial charge in [-0.3, -0.25) is 19.5 Å². The topological polar surface area (TPSA) is 116 Å². The van der Waals surface area contributed by atoms with E-state index in [0.29, 0.717) is 36.1 Å². The number of benzene rings is 2. The van der Waals surface area contributed by atoms with Gasteiger partial charge in [-0.15, -0.1) is 10.2 Å². The molecule has 48 heavy (non-hydrogen) atoms. The van der Waals surface area contributed by atoms with E-state index in [0.717, 1.165) is 74.3 Å². The maximum absolute atomic E-state index is 12.3. The maximum atomic E-state index is 12.3. The number of rotatable bonds is 6. The molecule has 5 aromatic rings. The zero-order valence-corrected chi connectivity index (χ0v) is 26.8. The van der Waals surface area contributed by atoms with Crippen LogP contribution in [0.15, 0.2) is 85.2 Å². The molecule has 10 heteroatoms. The molecule has 244 valence electrons. The van der Waals surface area contributed by atoms with Crippen LogP contribution in [0, 0.1) is 0 Å². The summed E-state index contributed by atoms with van der Waals surface area (Å²) >= 11 is 0. The molecule has 1 unspecified atom stereocenters. The van der Waals surface area contributed by atoms with E-state index in [2.05, 4.69) is 61.7 Å². The molecule has 3 aliphatic rings. The Bertz CT molecular complexity index is 1940. The summed E-state index contributed by atoms with van der Waals surface area (Å²) in [7, 11) is 0. The molecule has 2 aromatic carbocycles. The Balaban J connectivity index is 0.856. The number of likely N-dealkylation sites (tertiary alicyclic amines) is 1. The molecular formula is C38H39N7O3. The molecule has 0 saturated carbocycles. The van der Waals surface area contributed by atoms with Gasteiger partial charge in [0.1, 0.15) is 17.1 Å². The fourth-order valence-electron chi connectivity index (χ4n) is 7.75. The van der Waals surface area contributed by atoms with Crippen LogP contribution in [-0.2, 0) is 9.59 Å². The molecule has 0 bridgehead atoms. The molecule has 2 amide bonds. The number of carbonyl (C=O) groups is 2. The maximum Gasteiger partial charge on any atom is 0.234 e. The molecule has 3 aromatic heterocycles. The van der Waals surface area contributed by atoms with Crippen LogP contribution in [0.5, 0.6) is 5.75 Å². The van der Waals surface area contributed by atoms with Crippen molar-refractivity contribution in [3.63, 3.8) is 0 Å². The fourth-order valence-corrected chi connectivity index (χ4v) is 7.75. The summed E-state index contributed by atoms with van der Waals surface area (Å²) in [5.41, 5.74) is 6.43. The van der Waals surface area contributed by atoms with Crippen LogP contribution >= 0.6 is 0 Å². The van der Waals surface area contributed by atoms with Gasteiger partial charge in [0.05, 0.1) is 17.1 Å². The number of hydrogen-bond acceptors (Lipinski definition) is 8. The molecule has 3 aliphatic heterocycles. The van der Waals surface area contributed by atoms with Crippen molar-refractivity contribution in [1.82, 2.24) is 30.0 Å². The van der Waals surface area contributed by atoms with Crippen LogP contribution in [-0.4, -0.2) is 73.8 Å². The Kier molecular flexibility index (Phi) is 8.09. The third-order valence-electron chi connectivity index (χ3n) is 10.5. The molecule has 6 heterocycles. The quantitative estimate of drug-likeness (QED) is 0.232. The number of nitrogens with zero attached hydrogens (tertiary/aromatic N) is 6. The highest BCUT2D eigenvalue weighted by molar-refractivity contribution is 6.01. The number of phenolic OH excluding ortho intramolecular Hbond substituents is 1. The number of imide groups is 1. The van der Waals surface area contributed by atoms with Crippen molar-refractivity contribution < 1.29 is 14.7 Å². The zero-order valence-electron chi connectivity index (χ0n) is 26.8. The summed E-state index contributed by atoms with van der Waals surface area (Å²) in [6.07, 6.45) is 9.55. The number of aromatic hydroxyl groups is 1. The molecule has 0 radical (unpaired) electrons. The van der Waals surface area contributed by atoms with Gasteiger partial charge in [0, 0.05) is 49.2 Å². The van der Waals surface area contributed by atoms with Gasteiger partial charge in [-0.1, -0.05) is 30.3 Å². The number of carbonyl (C=O) groups excluding carboxylic acids is 2. The van der Waals surface area contributed by atoms with Gasteiger partial charge in [-0.25, -0.2) is 4.98 Å². The molecule has 8 rings (SSSR count). The lowest BCUT2D eigenvalue weighted by Crippen LogP contribution is -2.47. The van der Waals surface area contributed by atoms with Crippen molar-refractivity contribution in [1.29, 1.82) is 0 Å². The van der Waals surface area contributed by atoms with Crippen molar-refractivity contribution in [2.45, 2.75) is 56.4 Å². The third kappa shape index (κ3) is 5.92. The number of fused-ring (bicyclic) bond motifs is 1. The number of pyridine rings is 1. The highest BCUT2D eigenvalue weighted by atomic mass is 16.3. The molecule has 0 aliphatic carbocycles. The number of piperidine rings is 3. The van der Waals surface area contributed by atoms with Gasteiger partial charge >= 0.3 is 0 Å². The average Bonchev–Trinajstić information content (AvgIpc) is 3.56. The van der Waals surface area contributed by atoms with Gasteiger partial charge in [0.25, 0.3) is 0 Å². The SMILES string of the molecule is O=C1CCC(c2ccc(N3CCC(N4CCC(c5ccc(-n6ccc7nnc(-c8ccccc8O)cc76)nc5)CC4)CC3)cc2)C(=O)N1. The van der Waals surface area contributed by atoms with Crippen molar-refractivity contribution in [3.8, 4) is 22.8 Å². The fraction of sp³-hybridized carbons (Fsp3) is 0.342. The number of aromatic nitrogens is 4. The highest BCUT2D eigenvalue weighted by Crippen LogP contribution is 2.33. The number of nitrogens with one attached hydrogen (secondary N) is 1. The van der Waals surface area contributed by atoms with E-state index in [1.807, 2.05) is 41.2 Å². The zero-order chi connectivity index (χ0) is 32.6. The van der Waals surface area contributed by atoms with E-state index in [9.17, 15) is 14.7 Å². The summed E-state index contributed by atoms with van der Waals surface area (Å²) in [6, 6.07) is 24.3. The highest BCUT2D eigenvalue weighted by Gasteiger charge is 2.30. The van der Waals surface area contributed by atoms with Crippen LogP contribution in [0.1, 0.15) is 61.5 Å². The van der Waals surface area contributed by atoms with E-state index in [1.54, 1.807) is 12.1 Å². The van der Waals surface area contributed by atoms with Crippen LogP contribution in [0.4, 0.5) is 5.69 Å². The molecule has 3 fully saturated rings. The van der Waals surface area contributed by atoms with Gasteiger partial charge in [0.2, 0.25) is 11.8 Å². The average molecular weight is 642 g/mol. The van der Waals surface area contributed by atoms with E-state index < -0.39 is 0 Å². The smallest absolute Gasteiger partial charge is 0.234 e. The monoisotopic (exact) mass is 641 g/mol. The first kappa shape index (κ1) is 30.3. The number of anilines is 1. The normalized spacial score (nSPS) is 19.9. The Morgan fingerprint density at radius 2 is 1.56 bits per heavy atom. The van der Waals surface area contributed by atoms with Crippen LogP contribution in [0.3, 0.4) is 0 Å². The lowest BCUT2D eigenvalue weighted by Gasteiger charge is -2.42. The summed E-state index contributed by atoms with van der Waals surface area (Å²) in [5, 5.41) is 21.5. The molecule has 2 N–H and O–H groups in total. The minimum Gasteiger partial charge on any atom is -0.507 e. The van der Waals surface area contributed by atoms with Gasteiger partial charge in [-0.2, -0.15) is 0 Å². The van der Waals surface area contributed by atoms with E-state index in [1.165, 1.54) is 11.3 Å². The standard InChI is InChI=1S/C38H39N7O3/c46-35-4-2-1-3-31(35)33-23-34-32(41-42-33)17-22-45(34)36-11-7-27(24-39-36)25-13-18-43(19-14-25)29-15-20-44(21-16-29)28-8-5-26(6-9-28)30-10-12-37(47)40-38(30)48/h1-9,11,17,22-25,29-30,46H,10,12-16,18-21H2,(H,40,47,48). The van der Waals surface area contributed by atoms with E-state index in [-0.39, 0.29) is 23.5 Å². The van der Waals surface area contributed by atoms with Gasteiger partial charge < -0.3 is 14.9 Å². The lowest BCUT2D eigenvalue weighted by molar-refractivity contribution is -0.134. The summed E-state index contributed by atoms with van der Waals surface area (Å²) < 4.78 is 2.03. The van der Waals surface area contributed by atoms with Crippen molar-refractivity contribution >= 4 is 28.5 Å². The number of phenols is 1. The molecule has 1 atom stereocenters. The number of para-hydroxylation sites is 1. The summed E-state index contributed by atoms with van der Waals surface area (Å²) in [4.78, 5) is 33.8. The number of amides is 2. The molecule has 3 saturated heterocycles. The predicted molar refractivity (Wildman–Crippen MR) is 184 cm³/mol. The first-order valence-corrected chi connectivity index (χ1v) is 17.0. The molecule has 10 nitrogen and oxygen atoms in total.